The highest BCUT2D eigenvalue weighted by Crippen LogP contribution is 2.16. The zero-order chi connectivity index (χ0) is 18.9. The summed E-state index contributed by atoms with van der Waals surface area (Å²) in [6.07, 6.45) is 0. The van der Waals surface area contributed by atoms with E-state index in [0.29, 0.717) is 13.1 Å². The van der Waals surface area contributed by atoms with Crippen LogP contribution in [0.25, 0.3) is 0 Å². The summed E-state index contributed by atoms with van der Waals surface area (Å²) in [6, 6.07) is 13.8. The van der Waals surface area contributed by atoms with Crippen LogP contribution >= 0.6 is 0 Å². The molecule has 136 valence electrons. The summed E-state index contributed by atoms with van der Waals surface area (Å²) < 4.78 is 5.09. The number of hydrogen-bond donors (Lipinski definition) is 3. The van der Waals surface area contributed by atoms with Gasteiger partial charge >= 0.3 is 11.8 Å². The fourth-order valence-corrected chi connectivity index (χ4v) is 2.23. The molecule has 0 aliphatic rings. The van der Waals surface area contributed by atoms with Gasteiger partial charge in [-0.1, -0.05) is 24.3 Å². The number of hydrogen-bond acceptors (Lipinski definition) is 4. The number of carbonyl (C=O) groups excluding carboxylic acids is 3. The first kappa shape index (κ1) is 19.0. The number of benzene rings is 2. The minimum Gasteiger partial charge on any atom is -0.497 e. The molecule has 0 aliphatic carbocycles. The number of nitrogens with one attached hydrogen (secondary N) is 3. The molecular formula is C19H21N3O4. The van der Waals surface area contributed by atoms with Gasteiger partial charge in [0, 0.05) is 13.1 Å². The Kier molecular flexibility index (Phi) is 6.73. The van der Waals surface area contributed by atoms with E-state index in [9.17, 15) is 14.4 Å². The summed E-state index contributed by atoms with van der Waals surface area (Å²) in [5.74, 6) is -1.19. The summed E-state index contributed by atoms with van der Waals surface area (Å²) in [5.41, 5.74) is 1.46. The van der Waals surface area contributed by atoms with E-state index in [0.717, 1.165) is 11.3 Å². The third kappa shape index (κ3) is 5.07. The van der Waals surface area contributed by atoms with Gasteiger partial charge in [0.15, 0.2) is 0 Å². The minimum absolute atomic E-state index is 0.274. The van der Waals surface area contributed by atoms with Gasteiger partial charge < -0.3 is 20.7 Å². The van der Waals surface area contributed by atoms with Crippen LogP contribution in [0.3, 0.4) is 0 Å². The lowest BCUT2D eigenvalue weighted by molar-refractivity contribution is -0.136. The van der Waals surface area contributed by atoms with Crippen LogP contribution in [-0.2, 0) is 16.1 Å². The topological polar surface area (TPSA) is 96.5 Å². The second kappa shape index (κ2) is 9.22. The molecule has 0 atom stereocenters. The third-order valence-electron chi connectivity index (χ3n) is 3.58. The standard InChI is InChI=1S/C19H21N3O4/c1-3-20-18(24)19(25)22-16-7-5-4-6-15(16)17(23)21-12-13-8-10-14(26-2)11-9-13/h4-11H,3,12H2,1-2H3,(H,20,24)(H,21,23)(H,22,25). The summed E-state index contributed by atoms with van der Waals surface area (Å²) in [5, 5.41) is 7.66. The predicted molar refractivity (Wildman–Crippen MR) is 97.9 cm³/mol. The maximum Gasteiger partial charge on any atom is 0.313 e. The largest absolute Gasteiger partial charge is 0.497 e. The van der Waals surface area contributed by atoms with Crippen molar-refractivity contribution in [1.29, 1.82) is 0 Å². The summed E-state index contributed by atoms with van der Waals surface area (Å²) in [7, 11) is 1.59. The molecule has 0 spiro atoms. The van der Waals surface area contributed by atoms with Crippen LogP contribution < -0.4 is 20.7 Å². The Morgan fingerprint density at radius 2 is 1.62 bits per heavy atom. The average molecular weight is 355 g/mol. The SMILES string of the molecule is CCNC(=O)C(=O)Nc1ccccc1C(=O)NCc1ccc(OC)cc1. The number of amides is 3. The molecule has 0 aromatic heterocycles. The predicted octanol–water partition coefficient (Wildman–Crippen LogP) is 1.70. The molecule has 7 heteroatoms. The van der Waals surface area contributed by atoms with Crippen molar-refractivity contribution in [3.05, 3.63) is 59.7 Å². The second-order valence-corrected chi connectivity index (χ2v) is 5.39. The molecule has 0 saturated carbocycles. The number of para-hydroxylation sites is 1. The lowest BCUT2D eigenvalue weighted by Crippen LogP contribution is -2.35. The summed E-state index contributed by atoms with van der Waals surface area (Å²) >= 11 is 0. The van der Waals surface area contributed by atoms with Crippen molar-refractivity contribution >= 4 is 23.4 Å². The van der Waals surface area contributed by atoms with Crippen LogP contribution in [0.5, 0.6) is 5.75 Å². The van der Waals surface area contributed by atoms with Crippen LogP contribution in [0, 0.1) is 0 Å². The number of likely N-dealkylation sites (N-methyl/N-ethyl adjacent to an activating group) is 1. The molecule has 3 N–H and O–H groups in total. The van der Waals surface area contributed by atoms with Crippen LogP contribution in [0.2, 0.25) is 0 Å². The molecule has 0 heterocycles. The first-order chi connectivity index (χ1) is 12.5. The molecular weight excluding hydrogens is 334 g/mol. The second-order valence-electron chi connectivity index (χ2n) is 5.39. The zero-order valence-electron chi connectivity index (χ0n) is 14.7. The van der Waals surface area contributed by atoms with Gasteiger partial charge in [0.1, 0.15) is 5.75 Å². The Bertz CT molecular complexity index is 788. The van der Waals surface area contributed by atoms with Crippen molar-refractivity contribution in [1.82, 2.24) is 10.6 Å². The summed E-state index contributed by atoms with van der Waals surface area (Å²) in [4.78, 5) is 35.9. The van der Waals surface area contributed by atoms with Gasteiger partial charge in [0.2, 0.25) is 0 Å². The smallest absolute Gasteiger partial charge is 0.313 e. The molecule has 2 aromatic carbocycles. The molecule has 0 fully saturated rings. The van der Waals surface area contributed by atoms with Gasteiger partial charge in [0.05, 0.1) is 18.4 Å². The van der Waals surface area contributed by atoms with Crippen molar-refractivity contribution < 1.29 is 19.1 Å². The third-order valence-corrected chi connectivity index (χ3v) is 3.58. The number of carbonyl (C=O) groups is 3. The fraction of sp³-hybridized carbons (Fsp3) is 0.211. The highest BCUT2D eigenvalue weighted by atomic mass is 16.5. The Morgan fingerprint density at radius 1 is 0.923 bits per heavy atom. The number of anilines is 1. The van der Waals surface area contributed by atoms with Gasteiger partial charge in [0.25, 0.3) is 5.91 Å². The molecule has 0 aliphatic heterocycles. The molecule has 0 saturated heterocycles. The number of ether oxygens (including phenoxy) is 1. The highest BCUT2D eigenvalue weighted by Gasteiger charge is 2.17. The Morgan fingerprint density at radius 3 is 2.27 bits per heavy atom. The lowest BCUT2D eigenvalue weighted by Gasteiger charge is -2.11. The molecule has 2 aromatic rings. The molecule has 26 heavy (non-hydrogen) atoms. The lowest BCUT2D eigenvalue weighted by atomic mass is 10.1. The molecule has 2 rings (SSSR count). The van der Waals surface area contributed by atoms with E-state index < -0.39 is 11.8 Å². The Hall–Kier alpha value is -3.35. The first-order valence-corrected chi connectivity index (χ1v) is 8.14. The number of rotatable bonds is 6. The highest BCUT2D eigenvalue weighted by molar-refractivity contribution is 6.40. The minimum atomic E-state index is -0.817. The molecule has 0 unspecified atom stereocenters. The van der Waals surface area contributed by atoms with E-state index in [1.165, 1.54) is 0 Å². The molecule has 3 amide bonds. The molecule has 0 bridgehead atoms. The zero-order valence-corrected chi connectivity index (χ0v) is 14.7. The van der Waals surface area contributed by atoms with Gasteiger partial charge in [-0.3, -0.25) is 14.4 Å². The van der Waals surface area contributed by atoms with E-state index in [4.69, 9.17) is 4.74 Å². The fourth-order valence-electron chi connectivity index (χ4n) is 2.23. The first-order valence-electron chi connectivity index (χ1n) is 8.14. The van der Waals surface area contributed by atoms with Gasteiger partial charge in [-0.05, 0) is 36.8 Å². The van der Waals surface area contributed by atoms with Crippen LogP contribution in [0.15, 0.2) is 48.5 Å². The monoisotopic (exact) mass is 355 g/mol. The van der Waals surface area contributed by atoms with E-state index >= 15 is 0 Å². The molecule has 0 radical (unpaired) electrons. The van der Waals surface area contributed by atoms with Gasteiger partial charge in [-0.2, -0.15) is 0 Å². The average Bonchev–Trinajstić information content (AvgIpc) is 2.67. The normalized spacial score (nSPS) is 9.92. The Labute approximate surface area is 151 Å². The van der Waals surface area contributed by atoms with Gasteiger partial charge in [-0.15, -0.1) is 0 Å². The van der Waals surface area contributed by atoms with E-state index in [1.54, 1.807) is 38.3 Å². The summed E-state index contributed by atoms with van der Waals surface area (Å²) in [6.45, 7) is 2.38. The molecule has 7 nitrogen and oxygen atoms in total. The van der Waals surface area contributed by atoms with Crippen molar-refractivity contribution in [2.75, 3.05) is 19.0 Å². The van der Waals surface area contributed by atoms with Crippen LogP contribution in [0.4, 0.5) is 5.69 Å². The quantitative estimate of drug-likeness (QED) is 0.687. The van der Waals surface area contributed by atoms with Crippen molar-refractivity contribution in [3.8, 4) is 5.75 Å². The Balaban J connectivity index is 2.04. The van der Waals surface area contributed by atoms with Crippen molar-refractivity contribution in [2.45, 2.75) is 13.5 Å². The van der Waals surface area contributed by atoms with Crippen LogP contribution in [0.1, 0.15) is 22.8 Å². The maximum atomic E-state index is 12.5. The van der Waals surface area contributed by atoms with E-state index in [1.807, 2.05) is 24.3 Å². The van der Waals surface area contributed by atoms with Crippen LogP contribution in [-0.4, -0.2) is 31.4 Å². The van der Waals surface area contributed by atoms with Crippen molar-refractivity contribution in [2.24, 2.45) is 0 Å². The van der Waals surface area contributed by atoms with Gasteiger partial charge in [-0.25, -0.2) is 0 Å². The number of methoxy groups -OCH3 is 1. The van der Waals surface area contributed by atoms with E-state index in [2.05, 4.69) is 16.0 Å². The van der Waals surface area contributed by atoms with Crippen molar-refractivity contribution in [3.63, 3.8) is 0 Å². The maximum absolute atomic E-state index is 12.5. The van der Waals surface area contributed by atoms with E-state index in [-0.39, 0.29) is 17.2 Å².